The van der Waals surface area contributed by atoms with Gasteiger partial charge in [0.1, 0.15) is 0 Å². The van der Waals surface area contributed by atoms with E-state index < -0.39 is 0 Å². The lowest BCUT2D eigenvalue weighted by molar-refractivity contribution is 0.774. The van der Waals surface area contributed by atoms with Crippen LogP contribution in [0.4, 0.5) is 11.4 Å². The van der Waals surface area contributed by atoms with Gasteiger partial charge in [0.25, 0.3) is 0 Å². The van der Waals surface area contributed by atoms with Crippen molar-refractivity contribution in [2.75, 3.05) is 4.90 Å². The molecule has 1 unspecified atom stereocenters. The van der Waals surface area contributed by atoms with Gasteiger partial charge in [0.15, 0.2) is 0 Å². The van der Waals surface area contributed by atoms with E-state index in [0.717, 1.165) is 0 Å². The van der Waals surface area contributed by atoms with Crippen molar-refractivity contribution in [3.63, 3.8) is 0 Å². The van der Waals surface area contributed by atoms with Crippen LogP contribution in [-0.2, 0) is 0 Å². The Labute approximate surface area is 126 Å². The fourth-order valence-electron chi connectivity index (χ4n) is 2.65. The number of hydrogen-bond donors (Lipinski definition) is 0. The summed E-state index contributed by atoms with van der Waals surface area (Å²) >= 11 is 0. The highest BCUT2D eigenvalue weighted by Crippen LogP contribution is 2.34. The molecule has 1 nitrogen and oxygen atoms in total. The lowest BCUT2D eigenvalue weighted by atomic mass is 10.0. The minimum atomic E-state index is 0.274. The predicted octanol–water partition coefficient (Wildman–Crippen LogP) is 5.59. The van der Waals surface area contributed by atoms with Crippen LogP contribution in [0.5, 0.6) is 0 Å². The maximum absolute atomic E-state index is 2.37. The van der Waals surface area contributed by atoms with E-state index in [0.29, 0.717) is 0 Å². The molecule has 0 aliphatic heterocycles. The Bertz CT molecular complexity index is 622. The lowest BCUT2D eigenvalue weighted by Gasteiger charge is -2.32. The van der Waals surface area contributed by atoms with Crippen LogP contribution in [0.15, 0.2) is 91.0 Å². The zero-order valence-electron chi connectivity index (χ0n) is 12.2. The molecule has 0 aliphatic carbocycles. The van der Waals surface area contributed by atoms with Crippen LogP contribution in [0.2, 0.25) is 0 Å². The topological polar surface area (TPSA) is 3.24 Å². The van der Waals surface area contributed by atoms with Crippen molar-refractivity contribution in [1.82, 2.24) is 0 Å². The minimum Gasteiger partial charge on any atom is -0.334 e. The van der Waals surface area contributed by atoms with Crippen molar-refractivity contribution < 1.29 is 0 Å². The SMILES string of the molecule is CC(c1ccccc1)N(c1ccccc1)c1ccccc1. The molecule has 1 atom stereocenters. The molecule has 0 saturated carbocycles. The number of hydrogen-bond acceptors (Lipinski definition) is 1. The van der Waals surface area contributed by atoms with E-state index in [9.17, 15) is 0 Å². The van der Waals surface area contributed by atoms with Gasteiger partial charge in [-0.3, -0.25) is 0 Å². The summed E-state index contributed by atoms with van der Waals surface area (Å²) in [5.41, 5.74) is 3.73. The monoisotopic (exact) mass is 273 g/mol. The Morgan fingerprint density at radius 3 is 1.38 bits per heavy atom. The van der Waals surface area contributed by atoms with Crippen LogP contribution >= 0.6 is 0 Å². The number of benzene rings is 3. The first-order valence-corrected chi connectivity index (χ1v) is 7.30. The molecule has 3 aromatic rings. The molecule has 0 amide bonds. The van der Waals surface area contributed by atoms with Crippen LogP contribution in [0.1, 0.15) is 18.5 Å². The summed E-state index contributed by atoms with van der Waals surface area (Å²) < 4.78 is 0. The predicted molar refractivity (Wildman–Crippen MR) is 89.9 cm³/mol. The summed E-state index contributed by atoms with van der Waals surface area (Å²) in [4.78, 5) is 2.37. The van der Waals surface area contributed by atoms with Gasteiger partial charge in [-0.2, -0.15) is 0 Å². The number of nitrogens with zero attached hydrogens (tertiary/aromatic N) is 1. The molecule has 21 heavy (non-hydrogen) atoms. The van der Waals surface area contributed by atoms with E-state index >= 15 is 0 Å². The molecule has 3 rings (SSSR count). The van der Waals surface area contributed by atoms with Crippen molar-refractivity contribution in [1.29, 1.82) is 0 Å². The molecule has 104 valence electrons. The van der Waals surface area contributed by atoms with E-state index in [2.05, 4.69) is 103 Å². The average Bonchev–Trinajstić information content (AvgIpc) is 2.58. The van der Waals surface area contributed by atoms with Gasteiger partial charge in [-0.25, -0.2) is 0 Å². The van der Waals surface area contributed by atoms with Crippen molar-refractivity contribution in [2.45, 2.75) is 13.0 Å². The summed E-state index contributed by atoms with van der Waals surface area (Å²) in [6.45, 7) is 2.25. The van der Waals surface area contributed by atoms with Crippen LogP contribution < -0.4 is 4.90 Å². The van der Waals surface area contributed by atoms with Crippen LogP contribution in [0.3, 0.4) is 0 Å². The zero-order chi connectivity index (χ0) is 14.5. The Morgan fingerprint density at radius 2 is 0.952 bits per heavy atom. The summed E-state index contributed by atoms with van der Waals surface area (Å²) in [6, 6.07) is 32.0. The number of para-hydroxylation sites is 2. The Hall–Kier alpha value is -2.54. The van der Waals surface area contributed by atoms with Gasteiger partial charge in [0.05, 0.1) is 6.04 Å². The molecule has 0 heterocycles. The first kappa shape index (κ1) is 13.4. The molecule has 0 aromatic heterocycles. The van der Waals surface area contributed by atoms with Gasteiger partial charge in [-0.15, -0.1) is 0 Å². The summed E-state index contributed by atoms with van der Waals surface area (Å²) in [5.74, 6) is 0. The maximum Gasteiger partial charge on any atom is 0.0563 e. The normalized spacial score (nSPS) is 11.9. The van der Waals surface area contributed by atoms with Crippen molar-refractivity contribution in [3.05, 3.63) is 96.6 Å². The van der Waals surface area contributed by atoms with Crippen LogP contribution in [0, 0.1) is 0 Å². The second kappa shape index (κ2) is 6.27. The van der Waals surface area contributed by atoms with Gasteiger partial charge in [0.2, 0.25) is 0 Å². The van der Waals surface area contributed by atoms with E-state index in [-0.39, 0.29) is 6.04 Å². The van der Waals surface area contributed by atoms with E-state index in [1.165, 1.54) is 16.9 Å². The first-order chi connectivity index (χ1) is 10.4. The highest BCUT2D eigenvalue weighted by Gasteiger charge is 2.17. The number of rotatable bonds is 4. The Kier molecular flexibility index (Phi) is 4.02. The van der Waals surface area contributed by atoms with Gasteiger partial charge in [0, 0.05) is 11.4 Å². The largest absolute Gasteiger partial charge is 0.334 e. The third-order valence-electron chi connectivity index (χ3n) is 3.74. The molecule has 0 aliphatic rings. The smallest absolute Gasteiger partial charge is 0.0563 e. The lowest BCUT2D eigenvalue weighted by Crippen LogP contribution is -2.21. The van der Waals surface area contributed by atoms with E-state index in [1.807, 2.05) is 0 Å². The highest BCUT2D eigenvalue weighted by atomic mass is 15.2. The summed E-state index contributed by atoms with van der Waals surface area (Å²) in [6.07, 6.45) is 0. The molecule has 3 aromatic carbocycles. The molecule has 0 bridgehead atoms. The highest BCUT2D eigenvalue weighted by molar-refractivity contribution is 5.64. The minimum absolute atomic E-state index is 0.274. The summed E-state index contributed by atoms with van der Waals surface area (Å²) in [7, 11) is 0. The second-order valence-electron chi connectivity index (χ2n) is 5.13. The van der Waals surface area contributed by atoms with Crippen molar-refractivity contribution in [3.8, 4) is 0 Å². The molecular weight excluding hydrogens is 254 g/mol. The molecule has 0 spiro atoms. The molecule has 0 radical (unpaired) electrons. The van der Waals surface area contributed by atoms with E-state index in [4.69, 9.17) is 0 Å². The fraction of sp³-hybridized carbons (Fsp3) is 0.100. The fourth-order valence-corrected chi connectivity index (χ4v) is 2.65. The molecular formula is C20H19N. The van der Waals surface area contributed by atoms with Crippen LogP contribution in [0.25, 0.3) is 0 Å². The summed E-state index contributed by atoms with van der Waals surface area (Å²) in [5, 5.41) is 0. The first-order valence-electron chi connectivity index (χ1n) is 7.30. The number of anilines is 2. The van der Waals surface area contributed by atoms with Gasteiger partial charge in [-0.05, 0) is 36.8 Å². The standard InChI is InChI=1S/C20H19N/c1-17(18-11-5-2-6-12-18)21(19-13-7-3-8-14-19)20-15-9-4-10-16-20/h2-17H,1H3. The average molecular weight is 273 g/mol. The van der Waals surface area contributed by atoms with E-state index in [1.54, 1.807) is 0 Å². The van der Waals surface area contributed by atoms with Crippen LogP contribution in [-0.4, -0.2) is 0 Å². The third-order valence-corrected chi connectivity index (χ3v) is 3.74. The van der Waals surface area contributed by atoms with Gasteiger partial charge >= 0.3 is 0 Å². The molecule has 1 heteroatoms. The zero-order valence-corrected chi connectivity index (χ0v) is 12.2. The Morgan fingerprint density at radius 1 is 0.571 bits per heavy atom. The molecule has 0 N–H and O–H groups in total. The molecule has 0 fully saturated rings. The van der Waals surface area contributed by atoms with Gasteiger partial charge < -0.3 is 4.90 Å². The Balaban J connectivity index is 2.05. The maximum atomic E-state index is 2.37. The quantitative estimate of drug-likeness (QED) is 0.599. The second-order valence-corrected chi connectivity index (χ2v) is 5.13. The molecule has 0 saturated heterocycles. The third kappa shape index (κ3) is 2.97. The van der Waals surface area contributed by atoms with Crippen molar-refractivity contribution >= 4 is 11.4 Å². The van der Waals surface area contributed by atoms with Crippen molar-refractivity contribution in [2.24, 2.45) is 0 Å². The van der Waals surface area contributed by atoms with Gasteiger partial charge in [-0.1, -0.05) is 66.7 Å².